The van der Waals surface area contributed by atoms with Gasteiger partial charge in [-0.2, -0.15) is 16.1 Å². The average molecular weight is 422 g/mol. The lowest BCUT2D eigenvalue weighted by Gasteiger charge is -2.24. The summed E-state index contributed by atoms with van der Waals surface area (Å²) in [6.45, 7) is 0.874. The highest BCUT2D eigenvalue weighted by Gasteiger charge is 2.28. The molecule has 0 atom stereocenters. The van der Waals surface area contributed by atoms with E-state index in [4.69, 9.17) is 4.74 Å². The summed E-state index contributed by atoms with van der Waals surface area (Å²) in [7, 11) is -3.62. The van der Waals surface area contributed by atoms with Crippen LogP contribution in [0.1, 0.15) is 10.5 Å². The van der Waals surface area contributed by atoms with Crippen LogP contribution >= 0.6 is 11.8 Å². The number of carbonyl (C=O) groups is 2. The second-order valence-electron chi connectivity index (χ2n) is 6.27. The van der Waals surface area contributed by atoms with Gasteiger partial charge in [-0.15, -0.1) is 0 Å². The highest BCUT2D eigenvalue weighted by molar-refractivity contribution is 7.99. The zero-order chi connectivity index (χ0) is 19.7. The van der Waals surface area contributed by atoms with Crippen LogP contribution in [0.25, 0.3) is 0 Å². The maximum absolute atomic E-state index is 12.7. The maximum Gasteiger partial charge on any atom is 0.272 e. The molecular formula is C17H18N4O5S2. The minimum Gasteiger partial charge on any atom is -0.482 e. The number of anilines is 2. The number of sulfonamides is 1. The third-order valence-corrected chi connectivity index (χ3v) is 7.20. The smallest absolute Gasteiger partial charge is 0.272 e. The van der Waals surface area contributed by atoms with Crippen LogP contribution in [0.15, 0.2) is 35.4 Å². The average Bonchev–Trinajstić information content (AvgIpc) is 3.20. The molecule has 2 aromatic rings. The van der Waals surface area contributed by atoms with Gasteiger partial charge in [0.2, 0.25) is 10.0 Å². The number of amides is 2. The molecule has 2 aliphatic rings. The van der Waals surface area contributed by atoms with Gasteiger partial charge in [0, 0.05) is 36.5 Å². The largest absolute Gasteiger partial charge is 0.482 e. The first-order chi connectivity index (χ1) is 13.4. The summed E-state index contributed by atoms with van der Waals surface area (Å²) >= 11 is 1.72. The standard InChI is InChI=1S/C17H18N4O5S2/c22-16-10-26-15-2-1-11(7-13(15)20-16)19-17(23)14-8-12(9-18-14)28(24,25)21-3-5-27-6-4-21/h1-2,7-9,18H,3-6,10H2,(H,19,23)(H,20,22). The van der Waals surface area contributed by atoms with Crippen molar-refractivity contribution in [2.24, 2.45) is 0 Å². The van der Waals surface area contributed by atoms with E-state index in [-0.39, 0.29) is 23.1 Å². The lowest BCUT2D eigenvalue weighted by atomic mass is 10.2. The molecule has 2 amide bonds. The molecule has 9 nitrogen and oxygen atoms in total. The highest BCUT2D eigenvalue weighted by atomic mass is 32.2. The van der Waals surface area contributed by atoms with Gasteiger partial charge in [-0.05, 0) is 24.3 Å². The summed E-state index contributed by atoms with van der Waals surface area (Å²) in [5, 5.41) is 5.34. The number of H-pyrrole nitrogens is 1. The number of carbonyl (C=O) groups excluding carboxylic acids is 2. The van der Waals surface area contributed by atoms with Crippen molar-refractivity contribution in [2.45, 2.75) is 4.90 Å². The molecule has 3 N–H and O–H groups in total. The molecule has 0 unspecified atom stereocenters. The van der Waals surface area contributed by atoms with Gasteiger partial charge in [0.25, 0.3) is 11.8 Å². The van der Waals surface area contributed by atoms with E-state index >= 15 is 0 Å². The maximum atomic E-state index is 12.7. The van der Waals surface area contributed by atoms with Crippen molar-refractivity contribution in [1.82, 2.24) is 9.29 Å². The van der Waals surface area contributed by atoms with Gasteiger partial charge < -0.3 is 20.4 Å². The monoisotopic (exact) mass is 422 g/mol. The summed E-state index contributed by atoms with van der Waals surface area (Å²) in [6.07, 6.45) is 1.33. The predicted molar refractivity (Wildman–Crippen MR) is 105 cm³/mol. The van der Waals surface area contributed by atoms with Gasteiger partial charge >= 0.3 is 0 Å². The Morgan fingerprint density at radius 3 is 2.79 bits per heavy atom. The van der Waals surface area contributed by atoms with Crippen LogP contribution in [0.3, 0.4) is 0 Å². The molecule has 4 rings (SSSR count). The van der Waals surface area contributed by atoms with Crippen molar-refractivity contribution in [3.8, 4) is 5.75 Å². The summed E-state index contributed by atoms with van der Waals surface area (Å²) in [4.78, 5) is 26.7. The Kier molecular flexibility index (Phi) is 5.04. The number of fused-ring (bicyclic) bond motifs is 1. The molecule has 2 aliphatic heterocycles. The van der Waals surface area contributed by atoms with Crippen LogP contribution in [-0.4, -0.2) is 60.7 Å². The Morgan fingerprint density at radius 1 is 1.21 bits per heavy atom. The molecule has 1 fully saturated rings. The number of thioether (sulfide) groups is 1. The van der Waals surface area contributed by atoms with Gasteiger partial charge in [-0.1, -0.05) is 0 Å². The van der Waals surface area contributed by atoms with Crippen LogP contribution in [0.4, 0.5) is 11.4 Å². The molecule has 0 aliphatic carbocycles. The van der Waals surface area contributed by atoms with E-state index in [0.717, 1.165) is 11.5 Å². The quantitative estimate of drug-likeness (QED) is 0.684. The minimum atomic E-state index is -3.62. The summed E-state index contributed by atoms with van der Waals surface area (Å²) < 4.78 is 32.1. The topological polar surface area (TPSA) is 121 Å². The Morgan fingerprint density at radius 2 is 2.00 bits per heavy atom. The Bertz CT molecular complexity index is 1030. The minimum absolute atomic E-state index is 0.0475. The number of nitrogens with zero attached hydrogens (tertiary/aromatic N) is 1. The Balaban J connectivity index is 1.49. The Hall–Kier alpha value is -2.50. The Labute approximate surface area is 165 Å². The van der Waals surface area contributed by atoms with Crippen molar-refractivity contribution >= 4 is 45.0 Å². The van der Waals surface area contributed by atoms with Crippen LogP contribution < -0.4 is 15.4 Å². The predicted octanol–water partition coefficient (Wildman–Crippen LogP) is 1.34. The fourth-order valence-electron chi connectivity index (χ4n) is 2.95. The molecule has 0 spiro atoms. The van der Waals surface area contributed by atoms with Crippen LogP contribution in [0.5, 0.6) is 5.75 Å². The fourth-order valence-corrected chi connectivity index (χ4v) is 5.52. The van der Waals surface area contributed by atoms with Crippen molar-refractivity contribution in [2.75, 3.05) is 41.8 Å². The van der Waals surface area contributed by atoms with Crippen molar-refractivity contribution in [1.29, 1.82) is 0 Å². The van der Waals surface area contributed by atoms with E-state index < -0.39 is 15.9 Å². The van der Waals surface area contributed by atoms with Crippen LogP contribution in [0, 0.1) is 0 Å². The van der Waals surface area contributed by atoms with Gasteiger partial charge in [-0.25, -0.2) is 8.42 Å². The summed E-state index contributed by atoms with van der Waals surface area (Å²) in [5.74, 6) is 1.28. The lowest BCUT2D eigenvalue weighted by molar-refractivity contribution is -0.118. The van der Waals surface area contributed by atoms with Crippen molar-refractivity contribution in [3.63, 3.8) is 0 Å². The van der Waals surface area contributed by atoms with E-state index in [1.807, 2.05) is 0 Å². The highest BCUT2D eigenvalue weighted by Crippen LogP contribution is 2.30. The molecule has 148 valence electrons. The SMILES string of the molecule is O=C1COc2ccc(NC(=O)c3cc(S(=O)(=O)N4CCSCC4)c[nH]3)cc2N1. The van der Waals surface area contributed by atoms with Gasteiger partial charge in [0.1, 0.15) is 16.3 Å². The van der Waals surface area contributed by atoms with E-state index in [1.54, 1.807) is 30.0 Å². The lowest BCUT2D eigenvalue weighted by Crippen LogP contribution is -2.37. The zero-order valence-electron chi connectivity index (χ0n) is 14.7. The van der Waals surface area contributed by atoms with Crippen LogP contribution in [-0.2, 0) is 14.8 Å². The number of rotatable bonds is 4. The van der Waals surface area contributed by atoms with Crippen LogP contribution in [0.2, 0.25) is 0 Å². The summed E-state index contributed by atoms with van der Waals surface area (Å²) in [5.41, 5.74) is 1.04. The molecule has 0 saturated carbocycles. The number of benzene rings is 1. The first-order valence-electron chi connectivity index (χ1n) is 8.58. The van der Waals surface area contributed by atoms with Gasteiger partial charge in [0.05, 0.1) is 5.69 Å². The number of ether oxygens (including phenoxy) is 1. The van der Waals surface area contributed by atoms with Crippen molar-refractivity contribution < 1.29 is 22.7 Å². The zero-order valence-corrected chi connectivity index (χ0v) is 16.4. The first-order valence-corrected chi connectivity index (χ1v) is 11.2. The number of nitrogens with one attached hydrogen (secondary N) is 3. The molecule has 1 aromatic heterocycles. The second kappa shape index (κ2) is 7.49. The number of hydrogen-bond donors (Lipinski definition) is 3. The molecule has 11 heteroatoms. The first kappa shape index (κ1) is 18.8. The van der Waals surface area contributed by atoms with E-state index in [1.165, 1.54) is 16.6 Å². The second-order valence-corrected chi connectivity index (χ2v) is 9.43. The molecule has 28 heavy (non-hydrogen) atoms. The van der Waals surface area contributed by atoms with E-state index in [2.05, 4.69) is 15.6 Å². The molecule has 0 bridgehead atoms. The normalized spacial score (nSPS) is 17.4. The van der Waals surface area contributed by atoms with E-state index in [0.29, 0.717) is 30.2 Å². The number of aromatic amines is 1. The molecule has 0 radical (unpaired) electrons. The number of aromatic nitrogens is 1. The summed E-state index contributed by atoms with van der Waals surface area (Å²) in [6, 6.07) is 6.19. The molecule has 3 heterocycles. The molecule has 1 aromatic carbocycles. The fraction of sp³-hybridized carbons (Fsp3) is 0.294. The third kappa shape index (κ3) is 3.73. The number of hydrogen-bond acceptors (Lipinski definition) is 6. The van der Waals surface area contributed by atoms with Crippen molar-refractivity contribution in [3.05, 3.63) is 36.2 Å². The van der Waals surface area contributed by atoms with Gasteiger partial charge in [-0.3, -0.25) is 9.59 Å². The van der Waals surface area contributed by atoms with E-state index in [9.17, 15) is 18.0 Å². The molecular weight excluding hydrogens is 404 g/mol. The third-order valence-electron chi connectivity index (χ3n) is 4.38. The molecule has 1 saturated heterocycles. The van der Waals surface area contributed by atoms with Gasteiger partial charge in [0.15, 0.2) is 6.61 Å².